The van der Waals surface area contributed by atoms with Gasteiger partial charge in [0.05, 0.1) is 19.6 Å². The predicted molar refractivity (Wildman–Crippen MR) is 90.5 cm³/mol. The second-order valence-electron chi connectivity index (χ2n) is 5.76. The van der Waals surface area contributed by atoms with Crippen molar-refractivity contribution in [3.8, 4) is 11.3 Å². The van der Waals surface area contributed by atoms with Crippen molar-refractivity contribution in [1.82, 2.24) is 10.5 Å². The number of nitrogens with one attached hydrogen (secondary N) is 2. The minimum atomic E-state index is -0.179. The number of amides is 1. The number of aryl methyl sites for hydroxylation is 1. The Balaban J connectivity index is 1.85. The summed E-state index contributed by atoms with van der Waals surface area (Å²) in [5, 5.41) is 6.77. The van der Waals surface area contributed by atoms with Crippen LogP contribution in [0.2, 0.25) is 0 Å². The summed E-state index contributed by atoms with van der Waals surface area (Å²) in [5.74, 6) is 0.435. The van der Waals surface area contributed by atoms with Gasteiger partial charge < -0.3 is 14.7 Å². The number of hydrogen-bond acceptors (Lipinski definition) is 3. The molecule has 1 amide bonds. The molecule has 0 aliphatic carbocycles. The van der Waals surface area contributed by atoms with Gasteiger partial charge in [0.15, 0.2) is 11.5 Å². The van der Waals surface area contributed by atoms with Crippen molar-refractivity contribution in [2.45, 2.75) is 27.2 Å². The van der Waals surface area contributed by atoms with Crippen LogP contribution >= 0.6 is 0 Å². The third-order valence-electron chi connectivity index (χ3n) is 4.07. The number of quaternary nitrogens is 1. The topological polar surface area (TPSA) is 59.6 Å². The Hall–Kier alpha value is -2.14. The summed E-state index contributed by atoms with van der Waals surface area (Å²) in [6, 6.07) is 9.63. The van der Waals surface area contributed by atoms with E-state index >= 15 is 0 Å². The Kier molecular flexibility index (Phi) is 6.35. The summed E-state index contributed by atoms with van der Waals surface area (Å²) in [4.78, 5) is 13.6. The lowest BCUT2D eigenvalue weighted by Gasteiger charge is -2.14. The van der Waals surface area contributed by atoms with Gasteiger partial charge in [-0.3, -0.25) is 4.79 Å². The summed E-state index contributed by atoms with van der Waals surface area (Å²) >= 11 is 0. The first-order valence-electron chi connectivity index (χ1n) is 8.29. The number of aromatic nitrogens is 1. The van der Waals surface area contributed by atoms with Gasteiger partial charge in [0, 0.05) is 24.6 Å². The molecule has 0 fully saturated rings. The van der Waals surface area contributed by atoms with Crippen LogP contribution in [0.25, 0.3) is 11.3 Å². The average molecular weight is 316 g/mol. The standard InChI is InChI=1S/C18H25N3O2/c1-4-21(5-2)12-6-11-19-18(22)16-13-17(23-20-16)15-9-7-14(3)8-10-15/h7-10,13H,4-6,11-12H2,1-3H3,(H,19,22)/p+1. The lowest BCUT2D eigenvalue weighted by molar-refractivity contribution is -0.896. The van der Waals surface area contributed by atoms with E-state index in [1.165, 1.54) is 5.56 Å². The molecule has 1 aromatic carbocycles. The van der Waals surface area contributed by atoms with E-state index in [9.17, 15) is 4.79 Å². The molecule has 5 nitrogen and oxygen atoms in total. The second kappa shape index (κ2) is 8.48. The van der Waals surface area contributed by atoms with Crippen LogP contribution in [0, 0.1) is 6.92 Å². The molecule has 0 bridgehead atoms. The largest absolute Gasteiger partial charge is 0.355 e. The maximum Gasteiger partial charge on any atom is 0.273 e. The smallest absolute Gasteiger partial charge is 0.273 e. The van der Waals surface area contributed by atoms with Crippen LogP contribution in [-0.2, 0) is 0 Å². The van der Waals surface area contributed by atoms with Gasteiger partial charge in [-0.2, -0.15) is 0 Å². The van der Waals surface area contributed by atoms with Gasteiger partial charge in [-0.1, -0.05) is 35.0 Å². The molecule has 1 aromatic heterocycles. The molecule has 0 unspecified atom stereocenters. The fourth-order valence-electron chi connectivity index (χ4n) is 2.47. The van der Waals surface area contributed by atoms with Gasteiger partial charge in [-0.25, -0.2) is 0 Å². The molecule has 0 saturated carbocycles. The van der Waals surface area contributed by atoms with E-state index in [1.54, 1.807) is 11.0 Å². The fraction of sp³-hybridized carbons (Fsp3) is 0.444. The maximum absolute atomic E-state index is 12.1. The molecular weight excluding hydrogens is 290 g/mol. The highest BCUT2D eigenvalue weighted by Gasteiger charge is 2.13. The van der Waals surface area contributed by atoms with Crippen LogP contribution in [0.15, 0.2) is 34.9 Å². The van der Waals surface area contributed by atoms with E-state index in [4.69, 9.17) is 4.52 Å². The molecule has 2 N–H and O–H groups in total. The maximum atomic E-state index is 12.1. The number of carbonyl (C=O) groups is 1. The molecule has 5 heteroatoms. The van der Waals surface area contributed by atoms with Crippen molar-refractivity contribution in [3.63, 3.8) is 0 Å². The van der Waals surface area contributed by atoms with Crippen LogP contribution in [0.4, 0.5) is 0 Å². The first-order valence-corrected chi connectivity index (χ1v) is 8.29. The predicted octanol–water partition coefficient (Wildman–Crippen LogP) is 1.69. The van der Waals surface area contributed by atoms with Crippen molar-refractivity contribution in [2.75, 3.05) is 26.2 Å². The van der Waals surface area contributed by atoms with Crippen molar-refractivity contribution < 1.29 is 14.2 Å². The van der Waals surface area contributed by atoms with E-state index in [-0.39, 0.29) is 5.91 Å². The summed E-state index contributed by atoms with van der Waals surface area (Å²) < 4.78 is 5.28. The molecule has 0 atom stereocenters. The second-order valence-corrected chi connectivity index (χ2v) is 5.76. The molecule has 2 aromatic rings. The number of hydrogen-bond donors (Lipinski definition) is 2. The Labute approximate surface area is 137 Å². The summed E-state index contributed by atoms with van der Waals surface area (Å²) in [6.07, 6.45) is 0.964. The molecule has 0 radical (unpaired) electrons. The van der Waals surface area contributed by atoms with Crippen LogP contribution in [0.5, 0.6) is 0 Å². The highest BCUT2D eigenvalue weighted by Crippen LogP contribution is 2.20. The molecule has 23 heavy (non-hydrogen) atoms. The third-order valence-corrected chi connectivity index (χ3v) is 4.07. The number of benzene rings is 1. The van der Waals surface area contributed by atoms with E-state index in [0.29, 0.717) is 18.0 Å². The van der Waals surface area contributed by atoms with E-state index in [2.05, 4.69) is 24.3 Å². The molecule has 0 saturated heterocycles. The molecular formula is C18H26N3O2+. The van der Waals surface area contributed by atoms with Gasteiger partial charge in [0.1, 0.15) is 0 Å². The molecule has 0 aliphatic heterocycles. The monoisotopic (exact) mass is 316 g/mol. The quantitative estimate of drug-likeness (QED) is 0.729. The first kappa shape index (κ1) is 17.2. The Morgan fingerprint density at radius 2 is 1.91 bits per heavy atom. The Morgan fingerprint density at radius 1 is 1.22 bits per heavy atom. The van der Waals surface area contributed by atoms with Crippen LogP contribution in [0.3, 0.4) is 0 Å². The highest BCUT2D eigenvalue weighted by molar-refractivity contribution is 5.93. The van der Waals surface area contributed by atoms with Crippen molar-refractivity contribution in [1.29, 1.82) is 0 Å². The minimum Gasteiger partial charge on any atom is -0.355 e. The van der Waals surface area contributed by atoms with Crippen molar-refractivity contribution >= 4 is 5.91 Å². The Morgan fingerprint density at radius 3 is 2.57 bits per heavy atom. The lowest BCUT2D eigenvalue weighted by Crippen LogP contribution is -3.11. The fourth-order valence-corrected chi connectivity index (χ4v) is 2.47. The van der Waals surface area contributed by atoms with Crippen LogP contribution in [-0.4, -0.2) is 37.2 Å². The van der Waals surface area contributed by atoms with Gasteiger partial charge in [0.25, 0.3) is 5.91 Å². The molecule has 2 rings (SSSR count). The lowest BCUT2D eigenvalue weighted by atomic mass is 10.1. The van der Waals surface area contributed by atoms with Crippen LogP contribution in [0.1, 0.15) is 36.3 Å². The zero-order valence-corrected chi connectivity index (χ0v) is 14.2. The third kappa shape index (κ3) is 4.93. The van der Waals surface area contributed by atoms with E-state index in [0.717, 1.165) is 31.6 Å². The van der Waals surface area contributed by atoms with E-state index in [1.807, 2.05) is 31.2 Å². The molecule has 1 heterocycles. The van der Waals surface area contributed by atoms with Crippen molar-refractivity contribution in [3.05, 3.63) is 41.6 Å². The summed E-state index contributed by atoms with van der Waals surface area (Å²) in [6.45, 7) is 10.4. The first-order chi connectivity index (χ1) is 11.1. The average Bonchev–Trinajstić information content (AvgIpc) is 3.05. The zero-order chi connectivity index (χ0) is 16.7. The van der Waals surface area contributed by atoms with Crippen molar-refractivity contribution in [2.24, 2.45) is 0 Å². The highest BCUT2D eigenvalue weighted by atomic mass is 16.5. The SMILES string of the molecule is CC[NH+](CC)CCCNC(=O)c1cc(-c2ccc(C)cc2)on1. The Bertz CT molecular complexity index is 615. The number of rotatable bonds is 8. The van der Waals surface area contributed by atoms with Gasteiger partial charge in [-0.05, 0) is 20.8 Å². The molecule has 0 spiro atoms. The zero-order valence-electron chi connectivity index (χ0n) is 14.2. The summed E-state index contributed by atoms with van der Waals surface area (Å²) in [5.41, 5.74) is 2.43. The van der Waals surface area contributed by atoms with Gasteiger partial charge in [-0.15, -0.1) is 0 Å². The summed E-state index contributed by atoms with van der Waals surface area (Å²) in [7, 11) is 0. The number of nitrogens with zero attached hydrogens (tertiary/aromatic N) is 1. The van der Waals surface area contributed by atoms with Crippen LogP contribution < -0.4 is 10.2 Å². The number of carbonyl (C=O) groups excluding carboxylic acids is 1. The molecule has 0 aliphatic rings. The van der Waals surface area contributed by atoms with E-state index < -0.39 is 0 Å². The minimum absolute atomic E-state index is 0.179. The molecule has 124 valence electrons. The van der Waals surface area contributed by atoms with Gasteiger partial charge in [0.2, 0.25) is 0 Å². The van der Waals surface area contributed by atoms with Gasteiger partial charge >= 0.3 is 0 Å². The normalized spacial score (nSPS) is 11.0.